The van der Waals surface area contributed by atoms with E-state index in [1.807, 2.05) is 0 Å². The van der Waals surface area contributed by atoms with Gasteiger partial charge in [0.25, 0.3) is 0 Å². The molecule has 20 heavy (non-hydrogen) atoms. The highest BCUT2D eigenvalue weighted by Crippen LogP contribution is 2.27. The molecule has 1 atom stereocenters. The molecule has 0 bridgehead atoms. The van der Waals surface area contributed by atoms with Gasteiger partial charge in [0.15, 0.2) is 0 Å². The van der Waals surface area contributed by atoms with Crippen molar-refractivity contribution >= 4 is 27.5 Å². The quantitative estimate of drug-likeness (QED) is 0.884. The topological polar surface area (TPSA) is 78.9 Å². The van der Waals surface area contributed by atoms with Crippen LogP contribution in [0.1, 0.15) is 32.8 Å². The molecule has 0 fully saturated rings. The Morgan fingerprint density at radius 1 is 1.50 bits per heavy atom. The summed E-state index contributed by atoms with van der Waals surface area (Å²) >= 11 is 3.35. The summed E-state index contributed by atoms with van der Waals surface area (Å²) in [5.74, 6) is -0.314. The number of hydrogen-bond acceptors (Lipinski definition) is 3. The fourth-order valence-corrected chi connectivity index (χ4v) is 2.42. The molecule has 0 aromatic heterocycles. The van der Waals surface area contributed by atoms with Gasteiger partial charge in [-0.05, 0) is 46.0 Å². The van der Waals surface area contributed by atoms with Crippen molar-refractivity contribution in [2.75, 3.05) is 11.9 Å². The van der Waals surface area contributed by atoms with Crippen molar-refractivity contribution in [1.82, 2.24) is 0 Å². The first-order valence-corrected chi connectivity index (χ1v) is 7.26. The van der Waals surface area contributed by atoms with Crippen LogP contribution in [0.2, 0.25) is 0 Å². The van der Waals surface area contributed by atoms with E-state index in [0.29, 0.717) is 22.3 Å². The van der Waals surface area contributed by atoms with Crippen LogP contribution in [0, 0.1) is 22.7 Å². The molecular weight excluding hydrogens is 318 g/mol. The molecule has 0 aliphatic rings. The predicted molar refractivity (Wildman–Crippen MR) is 84.1 cm³/mol. The zero-order chi connectivity index (χ0) is 15.3. The minimum Gasteiger partial charge on any atom is -0.330 e. The summed E-state index contributed by atoms with van der Waals surface area (Å²) in [4.78, 5) is 12.3. The first-order chi connectivity index (χ1) is 9.26. The number of nitrogens with one attached hydrogen (secondary N) is 1. The summed E-state index contributed by atoms with van der Waals surface area (Å²) in [5, 5.41) is 11.7. The molecule has 0 heterocycles. The van der Waals surface area contributed by atoms with Crippen molar-refractivity contribution in [3.05, 3.63) is 28.2 Å². The number of nitrogens with zero attached hydrogens (tertiary/aromatic N) is 1. The van der Waals surface area contributed by atoms with Crippen LogP contribution in [0.15, 0.2) is 22.7 Å². The molecule has 0 spiro atoms. The molecule has 0 saturated heterocycles. The average molecular weight is 338 g/mol. The van der Waals surface area contributed by atoms with E-state index in [-0.39, 0.29) is 17.2 Å². The molecule has 1 aromatic rings. The van der Waals surface area contributed by atoms with Crippen LogP contribution in [-0.2, 0) is 4.79 Å². The Hall–Kier alpha value is -1.38. The number of carbonyl (C=O) groups is 1. The van der Waals surface area contributed by atoms with Gasteiger partial charge in [0.05, 0.1) is 23.2 Å². The maximum absolute atomic E-state index is 12.3. The van der Waals surface area contributed by atoms with E-state index >= 15 is 0 Å². The number of amides is 1. The third-order valence-corrected chi connectivity index (χ3v) is 3.53. The molecule has 1 rings (SSSR count). The lowest BCUT2D eigenvalue weighted by Gasteiger charge is -2.24. The number of benzene rings is 1. The average Bonchev–Trinajstić information content (AvgIpc) is 2.37. The van der Waals surface area contributed by atoms with Crippen LogP contribution < -0.4 is 11.1 Å². The van der Waals surface area contributed by atoms with E-state index in [0.717, 1.165) is 6.42 Å². The normalized spacial score (nSPS) is 12.6. The molecule has 0 saturated carbocycles. The molecule has 0 radical (unpaired) electrons. The summed E-state index contributed by atoms with van der Waals surface area (Å²) in [6, 6.07) is 7.11. The minimum absolute atomic E-state index is 0.0449. The maximum Gasteiger partial charge on any atom is 0.228 e. The lowest BCUT2D eigenvalue weighted by Crippen LogP contribution is -2.32. The maximum atomic E-state index is 12.3. The Morgan fingerprint density at radius 3 is 2.60 bits per heavy atom. The van der Waals surface area contributed by atoms with Crippen molar-refractivity contribution in [2.24, 2.45) is 17.1 Å². The van der Waals surface area contributed by atoms with Gasteiger partial charge in [-0.3, -0.25) is 4.79 Å². The second kappa shape index (κ2) is 6.87. The number of carbonyl (C=O) groups excluding carboxylic acids is 1. The highest BCUT2D eigenvalue weighted by atomic mass is 79.9. The first-order valence-electron chi connectivity index (χ1n) is 6.47. The van der Waals surface area contributed by atoms with Crippen molar-refractivity contribution in [2.45, 2.75) is 27.2 Å². The summed E-state index contributed by atoms with van der Waals surface area (Å²) in [5.41, 5.74) is 6.94. The van der Waals surface area contributed by atoms with Crippen molar-refractivity contribution < 1.29 is 4.79 Å². The zero-order valence-corrected chi connectivity index (χ0v) is 13.6. The van der Waals surface area contributed by atoms with Crippen LogP contribution >= 0.6 is 15.9 Å². The molecule has 5 heteroatoms. The predicted octanol–water partition coefficient (Wildman–Crippen LogP) is 3.27. The second-order valence-electron chi connectivity index (χ2n) is 5.99. The molecule has 0 aliphatic carbocycles. The Labute approximate surface area is 128 Å². The summed E-state index contributed by atoms with van der Waals surface area (Å²) in [7, 11) is 0. The Morgan fingerprint density at radius 2 is 2.15 bits per heavy atom. The number of hydrogen-bond donors (Lipinski definition) is 2. The molecule has 1 amide bonds. The third-order valence-electron chi connectivity index (χ3n) is 2.87. The van der Waals surface area contributed by atoms with Gasteiger partial charge in [0, 0.05) is 11.0 Å². The number of halogens is 1. The molecule has 3 N–H and O–H groups in total. The van der Waals surface area contributed by atoms with E-state index in [1.165, 1.54) is 0 Å². The van der Waals surface area contributed by atoms with Crippen LogP contribution in [0.4, 0.5) is 5.69 Å². The van der Waals surface area contributed by atoms with E-state index in [1.54, 1.807) is 18.2 Å². The lowest BCUT2D eigenvalue weighted by molar-refractivity contribution is -0.120. The van der Waals surface area contributed by atoms with Gasteiger partial charge in [0.2, 0.25) is 5.91 Å². The van der Waals surface area contributed by atoms with Gasteiger partial charge < -0.3 is 11.1 Å². The van der Waals surface area contributed by atoms with Crippen molar-refractivity contribution in [3.63, 3.8) is 0 Å². The first kappa shape index (κ1) is 16.7. The Balaban J connectivity index is 2.82. The van der Waals surface area contributed by atoms with Gasteiger partial charge in [-0.25, -0.2) is 0 Å². The van der Waals surface area contributed by atoms with Crippen molar-refractivity contribution in [1.29, 1.82) is 5.26 Å². The Bertz CT molecular complexity index is 529. The smallest absolute Gasteiger partial charge is 0.228 e. The zero-order valence-electron chi connectivity index (χ0n) is 12.0. The van der Waals surface area contributed by atoms with Gasteiger partial charge >= 0.3 is 0 Å². The highest BCUT2D eigenvalue weighted by Gasteiger charge is 2.24. The number of nitrogens with two attached hydrogens (primary N) is 1. The van der Waals surface area contributed by atoms with Gasteiger partial charge in [0.1, 0.15) is 0 Å². The number of rotatable bonds is 4. The van der Waals surface area contributed by atoms with Crippen LogP contribution in [-0.4, -0.2) is 12.5 Å². The summed E-state index contributed by atoms with van der Waals surface area (Å²) in [6.07, 6.45) is 0.725. The largest absolute Gasteiger partial charge is 0.330 e. The second-order valence-corrected chi connectivity index (χ2v) is 6.85. The van der Waals surface area contributed by atoms with Gasteiger partial charge in [-0.15, -0.1) is 0 Å². The molecule has 4 nitrogen and oxygen atoms in total. The number of nitriles is 1. The van der Waals surface area contributed by atoms with Crippen molar-refractivity contribution in [3.8, 4) is 6.07 Å². The van der Waals surface area contributed by atoms with Crippen LogP contribution in [0.25, 0.3) is 0 Å². The standard InChI is InChI=1S/C15H20BrN3O/c1-15(2,3)7-11(9-18)14(20)19-13-5-4-10(8-17)6-12(13)16/h4-6,11H,7,9,18H2,1-3H3,(H,19,20). The van der Waals surface area contributed by atoms with Gasteiger partial charge in [-0.1, -0.05) is 20.8 Å². The minimum atomic E-state index is -0.224. The number of anilines is 1. The molecule has 1 unspecified atom stereocenters. The lowest BCUT2D eigenvalue weighted by atomic mass is 9.84. The monoisotopic (exact) mass is 337 g/mol. The fraction of sp³-hybridized carbons (Fsp3) is 0.467. The van der Waals surface area contributed by atoms with Crippen LogP contribution in [0.3, 0.4) is 0 Å². The third kappa shape index (κ3) is 4.95. The van der Waals surface area contributed by atoms with Crippen LogP contribution in [0.5, 0.6) is 0 Å². The van der Waals surface area contributed by atoms with Gasteiger partial charge in [-0.2, -0.15) is 5.26 Å². The molecule has 108 valence electrons. The van der Waals surface area contributed by atoms with E-state index in [9.17, 15) is 4.79 Å². The molecular formula is C15H20BrN3O. The SMILES string of the molecule is CC(C)(C)CC(CN)C(=O)Nc1ccc(C#N)cc1Br. The Kier molecular flexibility index (Phi) is 5.73. The fourth-order valence-electron chi connectivity index (χ4n) is 1.94. The molecule has 1 aromatic carbocycles. The molecule has 0 aliphatic heterocycles. The van der Waals surface area contributed by atoms with E-state index < -0.39 is 0 Å². The summed E-state index contributed by atoms with van der Waals surface area (Å²) < 4.78 is 0.691. The van der Waals surface area contributed by atoms with E-state index in [4.69, 9.17) is 11.0 Å². The highest BCUT2D eigenvalue weighted by molar-refractivity contribution is 9.10. The van der Waals surface area contributed by atoms with E-state index in [2.05, 4.69) is 48.1 Å². The summed E-state index contributed by atoms with van der Waals surface area (Å²) in [6.45, 7) is 6.57.